The highest BCUT2D eigenvalue weighted by molar-refractivity contribution is 6.15. The molecule has 0 atom stereocenters. The molecular weight excluding hydrogens is 434 g/mol. The number of hydrogen-bond donors (Lipinski definition) is 3. The summed E-state index contributed by atoms with van der Waals surface area (Å²) in [5.74, 6) is 1.12. The van der Waals surface area contributed by atoms with Crippen molar-refractivity contribution < 1.29 is 9.59 Å². The molecule has 1 fully saturated rings. The van der Waals surface area contributed by atoms with Gasteiger partial charge in [0.05, 0.1) is 23.1 Å². The molecular formula is C23H25N9O2. The minimum atomic E-state index is -0.453. The number of aromatic nitrogens is 6. The fraction of sp³-hybridized carbons (Fsp3) is 0.304. The third kappa shape index (κ3) is 3.96. The standard InChI is InChI=1S/C23H25N9O2/c1-12(2)18-7-16(20-22(24)26-11-27-32(18)20)21(33)14-6-15(10-25-9-14)28-23(34)29-19-8-17(13-4-5-13)30-31(19)3/h6-13H,4-5H2,1-3H3,(H2,24,26,27)(H2,28,29,34). The molecule has 11 nitrogen and oxygen atoms in total. The maximum absolute atomic E-state index is 13.4. The number of urea groups is 1. The van der Waals surface area contributed by atoms with E-state index in [1.54, 1.807) is 28.4 Å². The second kappa shape index (κ2) is 8.25. The van der Waals surface area contributed by atoms with E-state index in [0.29, 0.717) is 34.1 Å². The number of anilines is 3. The summed E-state index contributed by atoms with van der Waals surface area (Å²) in [6.45, 7) is 4.02. The Morgan fingerprint density at radius 2 is 1.94 bits per heavy atom. The molecule has 34 heavy (non-hydrogen) atoms. The summed E-state index contributed by atoms with van der Waals surface area (Å²) in [4.78, 5) is 34.1. The predicted molar refractivity (Wildman–Crippen MR) is 127 cm³/mol. The van der Waals surface area contributed by atoms with Crippen molar-refractivity contribution in [2.45, 2.75) is 38.5 Å². The molecule has 0 spiro atoms. The minimum absolute atomic E-state index is 0.116. The van der Waals surface area contributed by atoms with Crippen molar-refractivity contribution in [3.8, 4) is 0 Å². The molecule has 0 bridgehead atoms. The summed E-state index contributed by atoms with van der Waals surface area (Å²) in [5.41, 5.74) is 9.43. The number of aryl methyl sites for hydroxylation is 1. The zero-order chi connectivity index (χ0) is 24.0. The van der Waals surface area contributed by atoms with Crippen LogP contribution in [-0.4, -0.2) is 41.2 Å². The Labute approximate surface area is 195 Å². The van der Waals surface area contributed by atoms with Gasteiger partial charge in [0, 0.05) is 36.5 Å². The summed E-state index contributed by atoms with van der Waals surface area (Å²) in [7, 11) is 1.78. The fourth-order valence-corrected chi connectivity index (χ4v) is 3.93. The maximum atomic E-state index is 13.4. The molecule has 1 saturated carbocycles. The van der Waals surface area contributed by atoms with Crippen molar-refractivity contribution in [1.82, 2.24) is 29.4 Å². The monoisotopic (exact) mass is 459 g/mol. The van der Waals surface area contributed by atoms with Gasteiger partial charge in [-0.2, -0.15) is 10.2 Å². The molecule has 1 aliphatic rings. The van der Waals surface area contributed by atoms with E-state index in [-0.39, 0.29) is 17.5 Å². The van der Waals surface area contributed by atoms with Gasteiger partial charge in [-0.1, -0.05) is 13.8 Å². The highest BCUT2D eigenvalue weighted by atomic mass is 16.2. The van der Waals surface area contributed by atoms with Crippen LogP contribution in [0.15, 0.2) is 36.9 Å². The van der Waals surface area contributed by atoms with Crippen LogP contribution < -0.4 is 16.4 Å². The second-order valence-corrected chi connectivity index (χ2v) is 8.77. The van der Waals surface area contributed by atoms with E-state index in [1.165, 1.54) is 18.7 Å². The number of carbonyl (C=O) groups is 2. The predicted octanol–water partition coefficient (Wildman–Crippen LogP) is 3.32. The van der Waals surface area contributed by atoms with Gasteiger partial charge in [0.15, 0.2) is 11.6 Å². The van der Waals surface area contributed by atoms with Crippen LogP contribution in [0.2, 0.25) is 0 Å². The third-order valence-electron chi connectivity index (χ3n) is 5.84. The van der Waals surface area contributed by atoms with Crippen molar-refractivity contribution in [3.05, 3.63) is 59.4 Å². The lowest BCUT2D eigenvalue weighted by Crippen LogP contribution is -2.21. The number of carbonyl (C=O) groups excluding carboxylic acids is 2. The molecule has 4 heterocycles. The zero-order valence-electron chi connectivity index (χ0n) is 19.1. The Balaban J connectivity index is 1.38. The lowest BCUT2D eigenvalue weighted by molar-refractivity contribution is 0.104. The smallest absolute Gasteiger partial charge is 0.324 e. The van der Waals surface area contributed by atoms with Gasteiger partial charge in [-0.25, -0.2) is 14.3 Å². The first-order valence-electron chi connectivity index (χ1n) is 11.1. The van der Waals surface area contributed by atoms with Crippen molar-refractivity contribution in [3.63, 3.8) is 0 Å². The number of ketones is 1. The number of nitrogens with two attached hydrogens (primary N) is 1. The van der Waals surface area contributed by atoms with Crippen LogP contribution in [0, 0.1) is 0 Å². The van der Waals surface area contributed by atoms with Gasteiger partial charge >= 0.3 is 6.03 Å². The van der Waals surface area contributed by atoms with Crippen LogP contribution in [-0.2, 0) is 7.05 Å². The van der Waals surface area contributed by atoms with E-state index in [9.17, 15) is 9.59 Å². The number of pyridine rings is 1. The molecule has 1 aliphatic carbocycles. The topological polar surface area (TPSA) is 145 Å². The summed E-state index contributed by atoms with van der Waals surface area (Å²) in [6, 6.07) is 4.78. The first-order valence-corrected chi connectivity index (χ1v) is 11.1. The van der Waals surface area contributed by atoms with Crippen LogP contribution >= 0.6 is 0 Å². The first kappa shape index (κ1) is 21.6. The molecule has 0 aliphatic heterocycles. The van der Waals surface area contributed by atoms with E-state index in [4.69, 9.17) is 5.73 Å². The molecule has 0 radical (unpaired) electrons. The molecule has 5 rings (SSSR count). The van der Waals surface area contributed by atoms with E-state index >= 15 is 0 Å². The highest BCUT2D eigenvalue weighted by Gasteiger charge is 2.27. The number of rotatable bonds is 6. The molecule has 4 aromatic rings. The van der Waals surface area contributed by atoms with Crippen molar-refractivity contribution in [2.75, 3.05) is 16.4 Å². The van der Waals surface area contributed by atoms with Gasteiger partial charge in [0.2, 0.25) is 0 Å². The largest absolute Gasteiger partial charge is 0.382 e. The SMILES string of the molecule is CC(C)c1cc(C(=O)c2cncc(NC(=O)Nc3cc(C4CC4)nn3C)c2)c2c(N)ncnn12. The lowest BCUT2D eigenvalue weighted by Gasteiger charge is -2.08. The second-order valence-electron chi connectivity index (χ2n) is 8.77. The summed E-state index contributed by atoms with van der Waals surface area (Å²) in [5, 5.41) is 14.2. The Bertz CT molecular complexity index is 1420. The van der Waals surface area contributed by atoms with E-state index in [2.05, 4.69) is 30.8 Å². The zero-order valence-corrected chi connectivity index (χ0v) is 19.1. The molecule has 0 unspecified atom stereocenters. The molecule has 4 N–H and O–H groups in total. The van der Waals surface area contributed by atoms with Crippen LogP contribution in [0.1, 0.15) is 65.8 Å². The lowest BCUT2D eigenvalue weighted by atomic mass is 10.0. The Morgan fingerprint density at radius 1 is 1.15 bits per heavy atom. The average molecular weight is 460 g/mol. The Morgan fingerprint density at radius 3 is 2.68 bits per heavy atom. The summed E-state index contributed by atoms with van der Waals surface area (Å²) >= 11 is 0. The van der Waals surface area contributed by atoms with E-state index in [1.807, 2.05) is 19.9 Å². The molecule has 174 valence electrons. The number of nitrogens with zero attached hydrogens (tertiary/aromatic N) is 6. The maximum Gasteiger partial charge on any atom is 0.324 e. The summed E-state index contributed by atoms with van der Waals surface area (Å²) in [6.07, 6.45) is 6.55. The van der Waals surface area contributed by atoms with Gasteiger partial charge in [-0.15, -0.1) is 0 Å². The van der Waals surface area contributed by atoms with Crippen LogP contribution in [0.4, 0.5) is 22.1 Å². The molecule has 4 aromatic heterocycles. The van der Waals surface area contributed by atoms with Crippen LogP contribution in [0.25, 0.3) is 5.52 Å². The Hall–Kier alpha value is -4.28. The van der Waals surface area contributed by atoms with Crippen molar-refractivity contribution in [1.29, 1.82) is 0 Å². The Kier molecular flexibility index (Phi) is 5.23. The van der Waals surface area contributed by atoms with Crippen LogP contribution in [0.5, 0.6) is 0 Å². The van der Waals surface area contributed by atoms with Gasteiger partial charge in [0.1, 0.15) is 17.7 Å². The van der Waals surface area contributed by atoms with Gasteiger partial charge in [-0.05, 0) is 30.9 Å². The van der Waals surface area contributed by atoms with Crippen LogP contribution in [0.3, 0.4) is 0 Å². The van der Waals surface area contributed by atoms with E-state index < -0.39 is 6.03 Å². The number of hydrogen-bond acceptors (Lipinski definition) is 7. The number of nitrogen functional groups attached to an aromatic ring is 1. The normalized spacial score (nSPS) is 13.4. The third-order valence-corrected chi connectivity index (χ3v) is 5.84. The number of fused-ring (bicyclic) bond motifs is 1. The van der Waals surface area contributed by atoms with Crippen molar-refractivity contribution in [2.24, 2.45) is 7.05 Å². The first-order chi connectivity index (χ1) is 16.3. The molecule has 11 heteroatoms. The molecule has 2 amide bonds. The number of amides is 2. The van der Waals surface area contributed by atoms with Gasteiger partial charge in [-0.3, -0.25) is 19.8 Å². The van der Waals surface area contributed by atoms with E-state index in [0.717, 1.165) is 24.2 Å². The van der Waals surface area contributed by atoms with Crippen molar-refractivity contribution >= 4 is 34.7 Å². The quantitative estimate of drug-likeness (QED) is 0.375. The minimum Gasteiger partial charge on any atom is -0.382 e. The fourth-order valence-electron chi connectivity index (χ4n) is 3.93. The van der Waals surface area contributed by atoms with Gasteiger partial charge in [0.25, 0.3) is 0 Å². The molecule has 0 aromatic carbocycles. The average Bonchev–Trinajstić information content (AvgIpc) is 3.48. The summed E-state index contributed by atoms with van der Waals surface area (Å²) < 4.78 is 3.29. The molecule has 0 saturated heterocycles. The van der Waals surface area contributed by atoms with Gasteiger partial charge < -0.3 is 11.1 Å². The number of nitrogens with one attached hydrogen (secondary N) is 2. The highest BCUT2D eigenvalue weighted by Crippen LogP contribution is 2.39.